The van der Waals surface area contributed by atoms with E-state index in [9.17, 15) is 14.9 Å². The first-order valence-electron chi connectivity index (χ1n) is 8.07. The smallest absolute Gasteiger partial charge is 0.267 e. The van der Waals surface area contributed by atoms with Crippen molar-refractivity contribution in [2.24, 2.45) is 0 Å². The Labute approximate surface area is 152 Å². The highest BCUT2D eigenvalue weighted by Gasteiger charge is 2.16. The van der Waals surface area contributed by atoms with Gasteiger partial charge < -0.3 is 0 Å². The van der Waals surface area contributed by atoms with Crippen molar-refractivity contribution in [3.63, 3.8) is 0 Å². The van der Waals surface area contributed by atoms with Crippen LogP contribution in [-0.2, 0) is 0 Å². The summed E-state index contributed by atoms with van der Waals surface area (Å²) in [7, 11) is 0. The second-order valence-corrected chi connectivity index (χ2v) is 5.72. The fraction of sp³-hybridized carbons (Fsp3) is 0. The molecule has 4 rings (SSSR count). The van der Waals surface area contributed by atoms with Crippen LogP contribution in [0.25, 0.3) is 23.5 Å². The summed E-state index contributed by atoms with van der Waals surface area (Å²) in [5.41, 5.74) is 1.63. The third-order valence-corrected chi connectivity index (χ3v) is 3.98. The average molecular weight is 359 g/mol. The van der Waals surface area contributed by atoms with Crippen LogP contribution in [0.4, 0.5) is 5.69 Å². The summed E-state index contributed by atoms with van der Waals surface area (Å²) in [4.78, 5) is 31.9. The highest BCUT2D eigenvalue weighted by molar-refractivity contribution is 5.68. The highest BCUT2D eigenvalue weighted by atomic mass is 16.6. The number of hydrogen-bond donors (Lipinski definition) is 0. The lowest BCUT2D eigenvalue weighted by atomic mass is 10.2. The van der Waals surface area contributed by atoms with E-state index in [0.717, 1.165) is 5.56 Å². The highest BCUT2D eigenvalue weighted by Crippen LogP contribution is 2.22. The Balaban J connectivity index is 1.81. The number of aromatic nitrogens is 4. The summed E-state index contributed by atoms with van der Waals surface area (Å²) in [6, 6.07) is 13.0. The maximum absolute atomic E-state index is 12.6. The van der Waals surface area contributed by atoms with Gasteiger partial charge in [0.15, 0.2) is 5.65 Å². The zero-order valence-corrected chi connectivity index (χ0v) is 14.0. The van der Waals surface area contributed by atoms with E-state index in [1.807, 2.05) is 18.2 Å². The summed E-state index contributed by atoms with van der Waals surface area (Å²) in [6.45, 7) is 0. The van der Waals surface area contributed by atoms with Crippen molar-refractivity contribution in [3.8, 4) is 5.69 Å². The molecule has 0 spiro atoms. The molecule has 4 aromatic rings. The van der Waals surface area contributed by atoms with Crippen molar-refractivity contribution in [2.75, 3.05) is 0 Å². The van der Waals surface area contributed by atoms with Gasteiger partial charge in [-0.05, 0) is 23.8 Å². The molecule has 3 heterocycles. The molecule has 0 bridgehead atoms. The standard InChI is InChI=1S/C19H13N5O3/c25-19-12-15(8-7-14-4-3-10-20-13-14)21-18-9-11-22(23(18)19)16-5-1-2-6-17(16)24(26)27/h1-13H/b8-7+. The normalized spacial score (nSPS) is 11.3. The Morgan fingerprint density at radius 2 is 1.93 bits per heavy atom. The van der Waals surface area contributed by atoms with E-state index < -0.39 is 4.92 Å². The van der Waals surface area contributed by atoms with Gasteiger partial charge in [0, 0.05) is 36.8 Å². The molecule has 0 aliphatic carbocycles. The molecule has 0 saturated heterocycles. The lowest BCUT2D eigenvalue weighted by molar-refractivity contribution is -0.384. The van der Waals surface area contributed by atoms with Crippen LogP contribution < -0.4 is 5.56 Å². The largest absolute Gasteiger partial charge is 0.294 e. The van der Waals surface area contributed by atoms with Crippen molar-refractivity contribution in [2.45, 2.75) is 0 Å². The molecule has 8 nitrogen and oxygen atoms in total. The molecule has 0 aliphatic rings. The molecule has 0 amide bonds. The van der Waals surface area contributed by atoms with Gasteiger partial charge in [-0.2, -0.15) is 4.52 Å². The van der Waals surface area contributed by atoms with Gasteiger partial charge in [0.2, 0.25) is 0 Å². The third-order valence-electron chi connectivity index (χ3n) is 3.98. The van der Waals surface area contributed by atoms with Crippen molar-refractivity contribution < 1.29 is 4.92 Å². The zero-order valence-electron chi connectivity index (χ0n) is 14.0. The van der Waals surface area contributed by atoms with Crippen molar-refractivity contribution in [3.05, 3.63) is 98.8 Å². The summed E-state index contributed by atoms with van der Waals surface area (Å²) in [5.74, 6) is 0. The molecule has 0 fully saturated rings. The van der Waals surface area contributed by atoms with Crippen LogP contribution >= 0.6 is 0 Å². The molecule has 0 saturated carbocycles. The third kappa shape index (κ3) is 3.11. The molecular weight excluding hydrogens is 346 g/mol. The first kappa shape index (κ1) is 16.4. The summed E-state index contributed by atoms with van der Waals surface area (Å²) in [6.07, 6.45) is 8.50. The average Bonchev–Trinajstić information content (AvgIpc) is 3.11. The number of nitro groups is 1. The van der Waals surface area contributed by atoms with Gasteiger partial charge in [-0.15, -0.1) is 0 Å². The molecule has 27 heavy (non-hydrogen) atoms. The van der Waals surface area contributed by atoms with Crippen LogP contribution in [0, 0.1) is 10.1 Å². The van der Waals surface area contributed by atoms with E-state index in [1.54, 1.807) is 48.9 Å². The molecule has 0 unspecified atom stereocenters. The fourth-order valence-electron chi connectivity index (χ4n) is 2.78. The van der Waals surface area contributed by atoms with Crippen molar-refractivity contribution in [1.82, 2.24) is 19.2 Å². The van der Waals surface area contributed by atoms with Gasteiger partial charge in [0.25, 0.3) is 11.2 Å². The van der Waals surface area contributed by atoms with Crippen LogP contribution in [0.3, 0.4) is 0 Å². The Hall–Kier alpha value is -4.07. The Morgan fingerprint density at radius 1 is 1.07 bits per heavy atom. The van der Waals surface area contributed by atoms with Gasteiger partial charge in [-0.3, -0.25) is 19.9 Å². The Kier molecular flexibility index (Phi) is 4.06. The number of nitro benzene ring substituents is 1. The minimum absolute atomic E-state index is 0.0950. The second kappa shape index (κ2) is 6.68. The second-order valence-electron chi connectivity index (χ2n) is 5.72. The maximum Gasteiger partial charge on any atom is 0.294 e. The first-order chi connectivity index (χ1) is 13.1. The number of benzene rings is 1. The summed E-state index contributed by atoms with van der Waals surface area (Å²) >= 11 is 0. The van der Waals surface area contributed by atoms with Crippen molar-refractivity contribution >= 4 is 23.5 Å². The molecule has 0 aliphatic heterocycles. The van der Waals surface area contributed by atoms with E-state index in [2.05, 4.69) is 9.97 Å². The predicted octanol–water partition coefficient (Wildman–Crippen LogP) is 2.96. The minimum atomic E-state index is -0.482. The Morgan fingerprint density at radius 3 is 2.70 bits per heavy atom. The van der Waals surface area contributed by atoms with E-state index in [0.29, 0.717) is 17.0 Å². The van der Waals surface area contributed by atoms with Gasteiger partial charge in [-0.25, -0.2) is 9.67 Å². The quantitative estimate of drug-likeness (QED) is 0.412. The van der Waals surface area contributed by atoms with Gasteiger partial charge >= 0.3 is 0 Å². The van der Waals surface area contributed by atoms with Gasteiger partial charge in [-0.1, -0.05) is 24.3 Å². The number of para-hydroxylation sites is 2. The number of pyridine rings is 1. The lowest BCUT2D eigenvalue weighted by Gasteiger charge is -2.07. The van der Waals surface area contributed by atoms with E-state index in [-0.39, 0.29) is 11.2 Å². The molecule has 0 radical (unpaired) electrons. The topological polar surface area (TPSA) is 95.3 Å². The molecule has 3 aromatic heterocycles. The monoisotopic (exact) mass is 359 g/mol. The molecule has 0 N–H and O–H groups in total. The van der Waals surface area contributed by atoms with Crippen LogP contribution in [-0.4, -0.2) is 24.1 Å². The molecule has 1 aromatic carbocycles. The minimum Gasteiger partial charge on any atom is -0.267 e. The first-order valence-corrected chi connectivity index (χ1v) is 8.07. The van der Waals surface area contributed by atoms with Gasteiger partial charge in [0.1, 0.15) is 5.69 Å². The maximum atomic E-state index is 12.6. The number of hydrogen-bond acceptors (Lipinski definition) is 5. The number of rotatable bonds is 4. The number of nitrogens with zero attached hydrogens (tertiary/aromatic N) is 5. The molecule has 8 heteroatoms. The predicted molar refractivity (Wildman–Crippen MR) is 101 cm³/mol. The molecule has 0 atom stereocenters. The molecular formula is C19H13N5O3. The van der Waals surface area contributed by atoms with Gasteiger partial charge in [0.05, 0.1) is 10.6 Å². The van der Waals surface area contributed by atoms with Crippen LogP contribution in [0.1, 0.15) is 11.3 Å². The van der Waals surface area contributed by atoms with Crippen LogP contribution in [0.5, 0.6) is 0 Å². The molecule has 132 valence electrons. The van der Waals surface area contributed by atoms with E-state index in [4.69, 9.17) is 0 Å². The van der Waals surface area contributed by atoms with Crippen LogP contribution in [0.2, 0.25) is 0 Å². The van der Waals surface area contributed by atoms with Crippen molar-refractivity contribution in [1.29, 1.82) is 0 Å². The van der Waals surface area contributed by atoms with Crippen LogP contribution in [0.15, 0.2) is 71.9 Å². The lowest BCUT2D eigenvalue weighted by Crippen LogP contribution is -2.20. The SMILES string of the molecule is O=c1cc(/C=C/c2cccnc2)nc2ccn(-c3ccccc3[N+](=O)[O-])n12. The van der Waals surface area contributed by atoms with E-state index >= 15 is 0 Å². The van der Waals surface area contributed by atoms with E-state index in [1.165, 1.54) is 21.3 Å². The summed E-state index contributed by atoms with van der Waals surface area (Å²) < 4.78 is 2.72. The fourth-order valence-corrected chi connectivity index (χ4v) is 2.78. The number of fused-ring (bicyclic) bond motifs is 1. The Bertz CT molecular complexity index is 1230. The summed E-state index contributed by atoms with van der Waals surface area (Å²) in [5, 5.41) is 11.3. The zero-order chi connectivity index (χ0) is 18.8.